The molecule has 0 radical (unpaired) electrons. The number of nitrogens with zero attached hydrogens (tertiary/aromatic N) is 1. The minimum absolute atomic E-state index is 0.184. The molecule has 138 valence electrons. The van der Waals surface area contributed by atoms with Crippen molar-refractivity contribution >= 4 is 53.2 Å². The van der Waals surface area contributed by atoms with Crippen molar-refractivity contribution in [3.63, 3.8) is 0 Å². The van der Waals surface area contributed by atoms with Gasteiger partial charge in [0.25, 0.3) is 10.0 Å². The number of fused-ring (bicyclic) bond motifs is 1. The van der Waals surface area contributed by atoms with E-state index >= 15 is 0 Å². The number of aromatic nitrogens is 1. The van der Waals surface area contributed by atoms with Crippen LogP contribution in [-0.4, -0.2) is 19.8 Å². The molecule has 0 bridgehead atoms. The molecule has 0 aliphatic carbocycles. The van der Waals surface area contributed by atoms with Crippen LogP contribution in [0.1, 0.15) is 5.01 Å². The van der Waals surface area contributed by atoms with Crippen LogP contribution in [0.5, 0.6) is 5.75 Å². The fourth-order valence-corrected chi connectivity index (χ4v) is 4.53. The van der Waals surface area contributed by atoms with Crippen LogP contribution in [0.25, 0.3) is 10.2 Å². The third-order valence-electron chi connectivity index (χ3n) is 3.17. The Balaban J connectivity index is 1.99. The molecule has 3 aromatic rings. The maximum atomic E-state index is 12.6. The van der Waals surface area contributed by atoms with Gasteiger partial charge in [-0.15, -0.1) is 24.5 Å². The quantitative estimate of drug-likeness (QED) is 0.582. The predicted octanol–water partition coefficient (Wildman–Crippen LogP) is 5.07. The van der Waals surface area contributed by atoms with Gasteiger partial charge < -0.3 is 4.74 Å². The lowest BCUT2D eigenvalue weighted by Gasteiger charge is -2.15. The summed E-state index contributed by atoms with van der Waals surface area (Å²) >= 11 is 4.44. The second-order valence-corrected chi connectivity index (χ2v) is 8.96. The summed E-state index contributed by atoms with van der Waals surface area (Å²) in [5.41, 5.74) is 0.777. The number of hydrogen-bond donors (Lipinski definition) is 1. The molecule has 0 saturated heterocycles. The minimum Gasteiger partial charge on any atom is -0.404 e. The van der Waals surface area contributed by atoms with Crippen molar-refractivity contribution in [2.24, 2.45) is 0 Å². The third kappa shape index (κ3) is 4.27. The summed E-state index contributed by atoms with van der Waals surface area (Å²) in [6.45, 7) is 1.82. The summed E-state index contributed by atoms with van der Waals surface area (Å²) in [4.78, 5) is 3.63. The van der Waals surface area contributed by atoms with Crippen LogP contribution in [-0.2, 0) is 10.0 Å². The van der Waals surface area contributed by atoms with Gasteiger partial charge in [-0.25, -0.2) is 13.4 Å². The number of alkyl halides is 3. The summed E-state index contributed by atoms with van der Waals surface area (Å²) in [6.07, 6.45) is -5.03. The monoisotopic (exact) mass is 466 g/mol. The molecular weight excluding hydrogens is 457 g/mol. The van der Waals surface area contributed by atoms with E-state index in [0.29, 0.717) is 5.52 Å². The van der Waals surface area contributed by atoms with Crippen molar-refractivity contribution in [3.05, 3.63) is 45.9 Å². The molecule has 0 aliphatic heterocycles. The lowest BCUT2D eigenvalue weighted by Crippen LogP contribution is -2.21. The summed E-state index contributed by atoms with van der Waals surface area (Å²) in [6, 6.07) is 7.99. The van der Waals surface area contributed by atoms with Gasteiger partial charge in [-0.2, -0.15) is 0 Å². The Kier molecular flexibility index (Phi) is 4.88. The maximum Gasteiger partial charge on any atom is 0.573 e. The molecule has 11 heteroatoms. The Bertz CT molecular complexity index is 1080. The van der Waals surface area contributed by atoms with E-state index in [4.69, 9.17) is 0 Å². The number of anilines is 1. The van der Waals surface area contributed by atoms with Crippen LogP contribution in [0.4, 0.5) is 18.9 Å². The summed E-state index contributed by atoms with van der Waals surface area (Å²) in [7, 11) is -4.32. The standard InChI is InChI=1S/C15H10BrF3N2O3S2/c1-8-20-11-7-10(3-4-13(11)25-8)21-26(22,23)14-5-2-9(16)6-12(14)24-15(17,18)19/h2-7,21H,1H3. The highest BCUT2D eigenvalue weighted by Gasteiger charge is 2.34. The number of ether oxygens (including phenoxy) is 1. The van der Waals surface area contributed by atoms with Crippen LogP contribution < -0.4 is 9.46 Å². The topological polar surface area (TPSA) is 68.3 Å². The van der Waals surface area contributed by atoms with Gasteiger partial charge in [0.05, 0.1) is 20.9 Å². The van der Waals surface area contributed by atoms with Crippen molar-refractivity contribution in [3.8, 4) is 5.75 Å². The molecule has 5 nitrogen and oxygen atoms in total. The average molecular weight is 467 g/mol. The van der Waals surface area contributed by atoms with Crippen LogP contribution in [0, 0.1) is 6.92 Å². The highest BCUT2D eigenvalue weighted by molar-refractivity contribution is 9.10. The van der Waals surface area contributed by atoms with Crippen LogP contribution in [0.2, 0.25) is 0 Å². The lowest BCUT2D eigenvalue weighted by atomic mass is 10.3. The van der Waals surface area contributed by atoms with Crippen molar-refractivity contribution < 1.29 is 26.3 Å². The van der Waals surface area contributed by atoms with Crippen LogP contribution >= 0.6 is 27.3 Å². The molecule has 3 rings (SSSR count). The van der Waals surface area contributed by atoms with Gasteiger partial charge in [0.15, 0.2) is 5.75 Å². The molecular formula is C15H10BrF3N2O3S2. The first-order valence-corrected chi connectivity index (χ1v) is 10.1. The first kappa shape index (κ1) is 18.9. The molecule has 0 amide bonds. The third-order valence-corrected chi connectivity index (χ3v) is 6.03. The van der Waals surface area contributed by atoms with Gasteiger partial charge in [-0.1, -0.05) is 15.9 Å². The highest BCUT2D eigenvalue weighted by atomic mass is 79.9. The second kappa shape index (κ2) is 6.71. The van der Waals surface area contributed by atoms with Crippen molar-refractivity contribution in [2.45, 2.75) is 18.2 Å². The second-order valence-electron chi connectivity index (χ2n) is 5.16. The Hall–Kier alpha value is -1.85. The molecule has 26 heavy (non-hydrogen) atoms. The van der Waals surface area contributed by atoms with Gasteiger partial charge in [0.1, 0.15) is 4.90 Å². The van der Waals surface area contributed by atoms with E-state index in [1.807, 2.05) is 6.92 Å². The van der Waals surface area contributed by atoms with Gasteiger partial charge in [-0.05, 0) is 43.3 Å². The van der Waals surface area contributed by atoms with Crippen molar-refractivity contribution in [1.29, 1.82) is 0 Å². The number of benzene rings is 2. The van der Waals surface area contributed by atoms with Gasteiger partial charge >= 0.3 is 6.36 Å². The number of halogens is 4. The van der Waals surface area contributed by atoms with E-state index in [1.165, 1.54) is 29.5 Å². The van der Waals surface area contributed by atoms with E-state index in [-0.39, 0.29) is 10.2 Å². The molecule has 1 aromatic heterocycles. The number of sulfonamides is 1. The molecule has 0 fully saturated rings. The average Bonchev–Trinajstić information content (AvgIpc) is 2.84. The van der Waals surface area contributed by atoms with E-state index in [0.717, 1.165) is 21.8 Å². The molecule has 1 heterocycles. The minimum atomic E-state index is -5.03. The summed E-state index contributed by atoms with van der Waals surface area (Å²) in [5.74, 6) is -0.829. The van der Waals surface area contributed by atoms with E-state index in [2.05, 4.69) is 30.4 Å². The molecule has 1 N–H and O–H groups in total. The molecule has 0 aliphatic rings. The number of rotatable bonds is 4. The molecule has 2 aromatic carbocycles. The van der Waals surface area contributed by atoms with Crippen LogP contribution in [0.15, 0.2) is 45.8 Å². The zero-order valence-corrected chi connectivity index (χ0v) is 16.2. The molecule has 0 unspecified atom stereocenters. The number of nitrogens with one attached hydrogen (secondary N) is 1. The zero-order chi connectivity index (χ0) is 19.1. The van der Waals surface area contributed by atoms with Crippen LogP contribution in [0.3, 0.4) is 0 Å². The Morgan fingerprint density at radius 3 is 2.62 bits per heavy atom. The lowest BCUT2D eigenvalue weighted by molar-refractivity contribution is -0.275. The number of hydrogen-bond acceptors (Lipinski definition) is 5. The fraction of sp³-hybridized carbons (Fsp3) is 0.133. The molecule has 0 spiro atoms. The maximum absolute atomic E-state index is 12.6. The fourth-order valence-electron chi connectivity index (χ4n) is 2.22. The number of thiazole rings is 1. The largest absolute Gasteiger partial charge is 0.573 e. The van der Waals surface area contributed by atoms with E-state index in [1.54, 1.807) is 6.07 Å². The first-order valence-electron chi connectivity index (χ1n) is 6.99. The Labute approximate surface area is 159 Å². The Morgan fingerprint density at radius 2 is 1.92 bits per heavy atom. The predicted molar refractivity (Wildman–Crippen MR) is 96.0 cm³/mol. The van der Waals surface area contributed by atoms with Crippen molar-refractivity contribution in [1.82, 2.24) is 4.98 Å². The van der Waals surface area contributed by atoms with Crippen molar-refractivity contribution in [2.75, 3.05) is 4.72 Å². The van der Waals surface area contributed by atoms with E-state index in [9.17, 15) is 21.6 Å². The molecule has 0 atom stereocenters. The van der Waals surface area contributed by atoms with Gasteiger partial charge in [0, 0.05) is 4.47 Å². The summed E-state index contributed by atoms with van der Waals surface area (Å²) < 4.78 is 70.1. The number of aryl methyl sites for hydroxylation is 1. The molecule has 0 saturated carbocycles. The Morgan fingerprint density at radius 1 is 1.19 bits per heavy atom. The first-order chi connectivity index (χ1) is 12.0. The van der Waals surface area contributed by atoms with Gasteiger partial charge in [0.2, 0.25) is 0 Å². The summed E-state index contributed by atoms with van der Waals surface area (Å²) in [5, 5.41) is 0.814. The van der Waals surface area contributed by atoms with E-state index < -0.39 is 27.0 Å². The SMILES string of the molecule is Cc1nc2cc(NS(=O)(=O)c3ccc(Br)cc3OC(F)(F)F)ccc2s1. The zero-order valence-electron chi connectivity index (χ0n) is 13.0. The smallest absolute Gasteiger partial charge is 0.404 e. The normalized spacial score (nSPS) is 12.3. The van der Waals surface area contributed by atoms with Gasteiger partial charge in [-0.3, -0.25) is 4.72 Å². The highest BCUT2D eigenvalue weighted by Crippen LogP contribution is 2.33.